The third-order valence-electron chi connectivity index (χ3n) is 2.87. The topological polar surface area (TPSA) is 26.3 Å². The van der Waals surface area contributed by atoms with Crippen molar-refractivity contribution in [1.82, 2.24) is 0 Å². The second kappa shape index (κ2) is 7.71. The Kier molecular flexibility index (Phi) is 5.94. The first-order valence-corrected chi connectivity index (χ1v) is 8.01. The Balaban J connectivity index is 1.79. The molecule has 0 saturated heterocycles. The lowest BCUT2D eigenvalue weighted by Crippen LogP contribution is -2.04. The lowest BCUT2D eigenvalue weighted by Gasteiger charge is -2.07. The van der Waals surface area contributed by atoms with Crippen molar-refractivity contribution < 1.29 is 13.9 Å². The Morgan fingerprint density at radius 1 is 1.05 bits per heavy atom. The number of hydrogen-bond donors (Lipinski definition) is 0. The highest BCUT2D eigenvalue weighted by Gasteiger charge is 2.07. The molecule has 0 heterocycles. The number of rotatable bonds is 6. The summed E-state index contributed by atoms with van der Waals surface area (Å²) in [6.07, 6.45) is 0.921. The first-order valence-electron chi connectivity index (χ1n) is 6.43. The summed E-state index contributed by atoms with van der Waals surface area (Å²) in [4.78, 5) is 11.9. The largest absolute Gasteiger partial charge is 0.491 e. The summed E-state index contributed by atoms with van der Waals surface area (Å²) in [5.41, 5.74) is 0.674. The molecule has 0 saturated carbocycles. The van der Waals surface area contributed by atoms with Gasteiger partial charge in [-0.25, -0.2) is 4.39 Å². The maximum absolute atomic E-state index is 13.5. The SMILES string of the molecule is O=C(CCCOc1ccc(Br)cc1F)c1ccc(Br)cc1. The first kappa shape index (κ1) is 16.2. The van der Waals surface area contributed by atoms with Crippen LogP contribution in [0.15, 0.2) is 51.4 Å². The molecular weight excluding hydrogens is 403 g/mol. The molecule has 0 aliphatic rings. The van der Waals surface area contributed by atoms with Crippen LogP contribution in [0.1, 0.15) is 23.2 Å². The second-order valence-corrected chi connectivity index (χ2v) is 6.29. The number of ketones is 1. The van der Waals surface area contributed by atoms with Crippen molar-refractivity contribution >= 4 is 37.6 Å². The van der Waals surface area contributed by atoms with E-state index in [0.717, 1.165) is 4.47 Å². The molecule has 0 amide bonds. The lowest BCUT2D eigenvalue weighted by molar-refractivity contribution is 0.0973. The van der Waals surface area contributed by atoms with Crippen molar-refractivity contribution in [2.24, 2.45) is 0 Å². The van der Waals surface area contributed by atoms with Gasteiger partial charge in [-0.3, -0.25) is 4.79 Å². The zero-order valence-electron chi connectivity index (χ0n) is 11.1. The Labute approximate surface area is 139 Å². The second-order valence-electron chi connectivity index (χ2n) is 4.46. The molecule has 2 aromatic rings. The first-order chi connectivity index (χ1) is 10.1. The summed E-state index contributed by atoms with van der Waals surface area (Å²) >= 11 is 6.51. The predicted octanol–water partition coefficient (Wildman–Crippen LogP) is 5.39. The van der Waals surface area contributed by atoms with Gasteiger partial charge in [0.2, 0.25) is 0 Å². The number of hydrogen-bond acceptors (Lipinski definition) is 2. The zero-order valence-corrected chi connectivity index (χ0v) is 14.3. The molecule has 2 nitrogen and oxygen atoms in total. The number of ether oxygens (including phenoxy) is 1. The Morgan fingerprint density at radius 3 is 2.38 bits per heavy atom. The number of carbonyl (C=O) groups excluding carboxylic acids is 1. The lowest BCUT2D eigenvalue weighted by atomic mass is 10.1. The molecule has 2 rings (SSSR count). The minimum Gasteiger partial charge on any atom is -0.491 e. The third-order valence-corrected chi connectivity index (χ3v) is 3.89. The van der Waals surface area contributed by atoms with Gasteiger partial charge in [0.05, 0.1) is 6.61 Å². The van der Waals surface area contributed by atoms with E-state index in [1.165, 1.54) is 6.07 Å². The van der Waals surface area contributed by atoms with Gasteiger partial charge in [0.15, 0.2) is 17.3 Å². The Morgan fingerprint density at radius 2 is 1.71 bits per heavy atom. The Bertz CT molecular complexity index is 627. The molecule has 0 aliphatic carbocycles. The molecule has 0 aliphatic heterocycles. The van der Waals surface area contributed by atoms with Gasteiger partial charge < -0.3 is 4.74 Å². The van der Waals surface area contributed by atoms with E-state index in [4.69, 9.17) is 4.74 Å². The summed E-state index contributed by atoms with van der Waals surface area (Å²) in [7, 11) is 0. The molecule has 5 heteroatoms. The van der Waals surface area contributed by atoms with E-state index in [9.17, 15) is 9.18 Å². The van der Waals surface area contributed by atoms with Crippen molar-refractivity contribution in [2.75, 3.05) is 6.61 Å². The average molecular weight is 416 g/mol. The quantitative estimate of drug-likeness (QED) is 0.466. The minimum atomic E-state index is -0.413. The van der Waals surface area contributed by atoms with E-state index in [1.54, 1.807) is 24.3 Å². The fourth-order valence-corrected chi connectivity index (χ4v) is 2.38. The smallest absolute Gasteiger partial charge is 0.166 e. The molecule has 0 unspecified atom stereocenters. The minimum absolute atomic E-state index is 0.0578. The zero-order chi connectivity index (χ0) is 15.2. The summed E-state index contributed by atoms with van der Waals surface area (Å²) in [5.74, 6) is -0.153. The normalized spacial score (nSPS) is 10.4. The van der Waals surface area contributed by atoms with E-state index < -0.39 is 5.82 Å². The molecule has 110 valence electrons. The molecule has 21 heavy (non-hydrogen) atoms. The highest BCUT2D eigenvalue weighted by atomic mass is 79.9. The van der Waals surface area contributed by atoms with Crippen LogP contribution in [0.25, 0.3) is 0 Å². The van der Waals surface area contributed by atoms with Gasteiger partial charge in [0.1, 0.15) is 0 Å². The molecule has 0 atom stereocenters. The molecule has 0 spiro atoms. The molecule has 2 aromatic carbocycles. The summed E-state index contributed by atoms with van der Waals surface area (Å²) in [5, 5.41) is 0. The van der Waals surface area contributed by atoms with E-state index in [-0.39, 0.29) is 11.5 Å². The number of Topliss-reactive ketones (excluding diaryl/α,β-unsaturated/α-hetero) is 1. The summed E-state index contributed by atoms with van der Waals surface area (Å²) in [6.45, 7) is 0.306. The van der Waals surface area contributed by atoms with Crippen LogP contribution in [-0.2, 0) is 0 Å². The van der Waals surface area contributed by atoms with Gasteiger partial charge >= 0.3 is 0 Å². The molecule has 0 aromatic heterocycles. The highest BCUT2D eigenvalue weighted by Crippen LogP contribution is 2.21. The van der Waals surface area contributed by atoms with Crippen LogP contribution in [0.4, 0.5) is 4.39 Å². The molecule has 0 N–H and O–H groups in total. The fourth-order valence-electron chi connectivity index (χ4n) is 1.79. The number of halogens is 3. The predicted molar refractivity (Wildman–Crippen MR) is 87.3 cm³/mol. The maximum atomic E-state index is 13.5. The molecule has 0 radical (unpaired) electrons. The number of carbonyl (C=O) groups is 1. The third kappa shape index (κ3) is 4.93. The molecular formula is C16H13Br2FO2. The van der Waals surface area contributed by atoms with Crippen LogP contribution < -0.4 is 4.74 Å². The average Bonchev–Trinajstić information content (AvgIpc) is 2.46. The van der Waals surface area contributed by atoms with Crippen molar-refractivity contribution in [3.8, 4) is 5.75 Å². The van der Waals surface area contributed by atoms with Crippen LogP contribution >= 0.6 is 31.9 Å². The molecule has 0 bridgehead atoms. The standard InChI is InChI=1S/C16H13Br2FO2/c17-12-5-3-11(4-6-12)15(20)2-1-9-21-16-8-7-13(18)10-14(16)19/h3-8,10H,1-2,9H2. The van der Waals surface area contributed by atoms with Crippen molar-refractivity contribution in [3.63, 3.8) is 0 Å². The highest BCUT2D eigenvalue weighted by molar-refractivity contribution is 9.10. The van der Waals surface area contributed by atoms with Crippen LogP contribution in [0.5, 0.6) is 5.75 Å². The van der Waals surface area contributed by atoms with Gasteiger partial charge in [0.25, 0.3) is 0 Å². The van der Waals surface area contributed by atoms with Crippen LogP contribution in [0, 0.1) is 5.82 Å². The van der Waals surface area contributed by atoms with Crippen molar-refractivity contribution in [3.05, 3.63) is 62.8 Å². The van der Waals surface area contributed by atoms with Crippen LogP contribution in [0.2, 0.25) is 0 Å². The van der Waals surface area contributed by atoms with Gasteiger partial charge in [-0.2, -0.15) is 0 Å². The Hall–Kier alpha value is -1.20. The van der Waals surface area contributed by atoms with Gasteiger partial charge in [0, 0.05) is 20.9 Å². The van der Waals surface area contributed by atoms with Crippen LogP contribution in [-0.4, -0.2) is 12.4 Å². The van der Waals surface area contributed by atoms with Crippen molar-refractivity contribution in [1.29, 1.82) is 0 Å². The molecule has 0 fully saturated rings. The van der Waals surface area contributed by atoms with E-state index >= 15 is 0 Å². The van der Waals surface area contributed by atoms with E-state index in [1.807, 2.05) is 12.1 Å². The van der Waals surface area contributed by atoms with Gasteiger partial charge in [-0.1, -0.05) is 44.0 Å². The van der Waals surface area contributed by atoms with E-state index in [0.29, 0.717) is 29.5 Å². The van der Waals surface area contributed by atoms with E-state index in [2.05, 4.69) is 31.9 Å². The monoisotopic (exact) mass is 414 g/mol. The fraction of sp³-hybridized carbons (Fsp3) is 0.188. The van der Waals surface area contributed by atoms with Gasteiger partial charge in [-0.15, -0.1) is 0 Å². The van der Waals surface area contributed by atoms with Crippen molar-refractivity contribution in [2.45, 2.75) is 12.8 Å². The van der Waals surface area contributed by atoms with Gasteiger partial charge in [-0.05, 0) is 36.8 Å². The number of benzene rings is 2. The summed E-state index contributed by atoms with van der Waals surface area (Å²) < 4.78 is 20.5. The summed E-state index contributed by atoms with van der Waals surface area (Å²) in [6, 6.07) is 11.9. The van der Waals surface area contributed by atoms with Crippen LogP contribution in [0.3, 0.4) is 0 Å². The maximum Gasteiger partial charge on any atom is 0.166 e.